The van der Waals surface area contributed by atoms with Crippen LogP contribution in [0.2, 0.25) is 0 Å². The minimum Gasteiger partial charge on any atom is -0.450 e. The Morgan fingerprint density at radius 1 is 1.82 bits per heavy atom. The Labute approximate surface area is 71.2 Å². The number of carbonyl (C=O) groups is 1. The SMILES string of the molecule is C=CSCCNC(=O)OCC. The molecule has 0 saturated heterocycles. The molecular formula is C7H13NO2S. The number of carbonyl (C=O) groups excluding carboxylic acids is 1. The topological polar surface area (TPSA) is 38.3 Å². The quantitative estimate of drug-likeness (QED) is 0.645. The third kappa shape index (κ3) is 7.25. The standard InChI is InChI=1S/C7H13NO2S/c1-3-10-7(9)8-5-6-11-4-2/h4H,2-3,5-6H2,1H3,(H,8,9). The Morgan fingerprint density at radius 2 is 2.55 bits per heavy atom. The molecule has 11 heavy (non-hydrogen) atoms. The van der Waals surface area contributed by atoms with Crippen molar-refractivity contribution in [3.05, 3.63) is 12.0 Å². The Kier molecular flexibility index (Phi) is 7.03. The lowest BCUT2D eigenvalue weighted by molar-refractivity contribution is 0.153. The van der Waals surface area contributed by atoms with E-state index in [1.807, 2.05) is 0 Å². The van der Waals surface area contributed by atoms with Gasteiger partial charge in [-0.1, -0.05) is 6.58 Å². The van der Waals surface area contributed by atoms with Crippen LogP contribution in [-0.2, 0) is 4.74 Å². The van der Waals surface area contributed by atoms with Crippen molar-refractivity contribution in [2.24, 2.45) is 0 Å². The van der Waals surface area contributed by atoms with Crippen LogP contribution in [0.3, 0.4) is 0 Å². The molecule has 0 aliphatic heterocycles. The fourth-order valence-electron chi connectivity index (χ4n) is 0.477. The number of hydrogen-bond acceptors (Lipinski definition) is 3. The van der Waals surface area contributed by atoms with Gasteiger partial charge >= 0.3 is 6.09 Å². The summed E-state index contributed by atoms with van der Waals surface area (Å²) in [4.78, 5) is 10.6. The van der Waals surface area contributed by atoms with Gasteiger partial charge in [0.2, 0.25) is 0 Å². The van der Waals surface area contributed by atoms with Crippen LogP contribution in [0.25, 0.3) is 0 Å². The van der Waals surface area contributed by atoms with Gasteiger partial charge in [-0.2, -0.15) is 0 Å². The zero-order valence-electron chi connectivity index (χ0n) is 6.63. The van der Waals surface area contributed by atoms with Crippen molar-refractivity contribution < 1.29 is 9.53 Å². The van der Waals surface area contributed by atoms with Crippen molar-refractivity contribution in [1.82, 2.24) is 5.32 Å². The van der Waals surface area contributed by atoms with E-state index in [-0.39, 0.29) is 6.09 Å². The van der Waals surface area contributed by atoms with E-state index in [9.17, 15) is 4.79 Å². The summed E-state index contributed by atoms with van der Waals surface area (Å²) in [5.41, 5.74) is 0. The molecule has 0 aromatic carbocycles. The van der Waals surface area contributed by atoms with E-state index >= 15 is 0 Å². The highest BCUT2D eigenvalue weighted by molar-refractivity contribution is 8.02. The molecule has 0 bridgehead atoms. The molecule has 0 aromatic rings. The number of alkyl carbamates (subject to hydrolysis) is 1. The van der Waals surface area contributed by atoms with Gasteiger partial charge in [0.15, 0.2) is 0 Å². The van der Waals surface area contributed by atoms with Crippen LogP contribution in [0.1, 0.15) is 6.92 Å². The van der Waals surface area contributed by atoms with Gasteiger partial charge in [0.25, 0.3) is 0 Å². The smallest absolute Gasteiger partial charge is 0.407 e. The first kappa shape index (κ1) is 10.4. The van der Waals surface area contributed by atoms with Crippen LogP contribution < -0.4 is 5.32 Å². The van der Waals surface area contributed by atoms with Crippen molar-refractivity contribution in [3.63, 3.8) is 0 Å². The molecule has 1 N–H and O–H groups in total. The number of hydrogen-bond donors (Lipinski definition) is 1. The molecule has 1 amide bonds. The summed E-state index contributed by atoms with van der Waals surface area (Å²) in [7, 11) is 0. The van der Waals surface area contributed by atoms with Gasteiger partial charge < -0.3 is 10.1 Å². The third-order valence-electron chi connectivity index (χ3n) is 0.883. The summed E-state index contributed by atoms with van der Waals surface area (Å²) in [6.07, 6.45) is -0.350. The number of rotatable bonds is 5. The van der Waals surface area contributed by atoms with Crippen molar-refractivity contribution in [2.45, 2.75) is 6.92 Å². The molecule has 0 atom stereocenters. The fraction of sp³-hybridized carbons (Fsp3) is 0.571. The summed E-state index contributed by atoms with van der Waals surface area (Å²) in [5, 5.41) is 4.33. The van der Waals surface area contributed by atoms with E-state index in [4.69, 9.17) is 0 Å². The number of thioether (sulfide) groups is 1. The predicted molar refractivity (Wildman–Crippen MR) is 47.7 cm³/mol. The average Bonchev–Trinajstić information content (AvgIpc) is 1.99. The third-order valence-corrected chi connectivity index (χ3v) is 1.56. The molecule has 0 rings (SSSR count). The highest BCUT2D eigenvalue weighted by Crippen LogP contribution is 1.96. The highest BCUT2D eigenvalue weighted by atomic mass is 32.2. The van der Waals surface area contributed by atoms with E-state index in [1.54, 1.807) is 24.1 Å². The van der Waals surface area contributed by atoms with Crippen LogP contribution in [-0.4, -0.2) is 25.0 Å². The Bertz CT molecular complexity index is 128. The molecule has 0 saturated carbocycles. The Morgan fingerprint density at radius 3 is 3.09 bits per heavy atom. The van der Waals surface area contributed by atoms with E-state index in [2.05, 4.69) is 16.6 Å². The minimum absolute atomic E-state index is 0.350. The summed E-state index contributed by atoms with van der Waals surface area (Å²) >= 11 is 1.56. The fourth-order valence-corrected chi connectivity index (χ4v) is 0.864. The van der Waals surface area contributed by atoms with Crippen LogP contribution in [0, 0.1) is 0 Å². The van der Waals surface area contributed by atoms with E-state index in [0.717, 1.165) is 5.75 Å². The van der Waals surface area contributed by atoms with Crippen molar-refractivity contribution >= 4 is 17.9 Å². The molecule has 64 valence electrons. The zero-order chi connectivity index (χ0) is 8.53. The zero-order valence-corrected chi connectivity index (χ0v) is 7.45. The average molecular weight is 175 g/mol. The molecule has 0 aliphatic carbocycles. The largest absolute Gasteiger partial charge is 0.450 e. The van der Waals surface area contributed by atoms with Crippen molar-refractivity contribution in [2.75, 3.05) is 18.9 Å². The minimum atomic E-state index is -0.350. The summed E-state index contributed by atoms with van der Waals surface area (Å²) in [6, 6.07) is 0. The molecule has 0 radical (unpaired) electrons. The lowest BCUT2D eigenvalue weighted by Gasteiger charge is -2.02. The Hall–Kier alpha value is -0.640. The molecule has 0 heterocycles. The van der Waals surface area contributed by atoms with Crippen molar-refractivity contribution in [3.8, 4) is 0 Å². The lowest BCUT2D eigenvalue weighted by Crippen LogP contribution is -2.26. The lowest BCUT2D eigenvalue weighted by atomic mass is 10.7. The van der Waals surface area contributed by atoms with Crippen LogP contribution >= 0.6 is 11.8 Å². The van der Waals surface area contributed by atoms with Crippen molar-refractivity contribution in [1.29, 1.82) is 0 Å². The number of ether oxygens (including phenoxy) is 1. The molecule has 0 fully saturated rings. The molecule has 0 spiro atoms. The number of nitrogens with one attached hydrogen (secondary N) is 1. The molecule has 0 aliphatic rings. The van der Waals surface area contributed by atoms with Gasteiger partial charge in [-0.25, -0.2) is 4.79 Å². The molecule has 0 aromatic heterocycles. The summed E-state index contributed by atoms with van der Waals surface area (Å²) in [5.74, 6) is 0.836. The second kappa shape index (κ2) is 7.47. The maximum absolute atomic E-state index is 10.6. The summed E-state index contributed by atoms with van der Waals surface area (Å²) < 4.78 is 4.64. The summed E-state index contributed by atoms with van der Waals surface area (Å²) in [6.45, 7) is 6.35. The van der Waals surface area contributed by atoms with Crippen LogP contribution in [0.5, 0.6) is 0 Å². The second-order valence-electron chi connectivity index (χ2n) is 1.68. The van der Waals surface area contributed by atoms with Gasteiger partial charge in [-0.15, -0.1) is 11.8 Å². The van der Waals surface area contributed by atoms with Crippen LogP contribution in [0.15, 0.2) is 12.0 Å². The van der Waals surface area contributed by atoms with Gasteiger partial charge in [0.05, 0.1) is 6.61 Å². The normalized spacial score (nSPS) is 8.82. The first-order chi connectivity index (χ1) is 5.31. The highest BCUT2D eigenvalue weighted by Gasteiger charge is 1.96. The maximum Gasteiger partial charge on any atom is 0.407 e. The maximum atomic E-state index is 10.6. The van der Waals surface area contributed by atoms with E-state index in [1.165, 1.54) is 0 Å². The number of amides is 1. The monoisotopic (exact) mass is 175 g/mol. The predicted octanol–water partition coefficient (Wildman–Crippen LogP) is 1.61. The molecule has 3 nitrogen and oxygen atoms in total. The molecule has 0 unspecified atom stereocenters. The van der Waals surface area contributed by atoms with E-state index in [0.29, 0.717) is 13.2 Å². The Balaban J connectivity index is 3.10. The second-order valence-corrected chi connectivity index (χ2v) is 2.76. The van der Waals surface area contributed by atoms with E-state index < -0.39 is 0 Å². The van der Waals surface area contributed by atoms with Gasteiger partial charge in [0.1, 0.15) is 0 Å². The van der Waals surface area contributed by atoms with Crippen LogP contribution in [0.4, 0.5) is 4.79 Å². The first-order valence-electron chi connectivity index (χ1n) is 3.44. The molecule has 4 heteroatoms. The first-order valence-corrected chi connectivity index (χ1v) is 4.49. The van der Waals surface area contributed by atoms with Gasteiger partial charge in [-0.05, 0) is 12.3 Å². The molecular weight excluding hydrogens is 162 g/mol. The van der Waals surface area contributed by atoms with Gasteiger partial charge in [0, 0.05) is 12.3 Å². The van der Waals surface area contributed by atoms with Gasteiger partial charge in [-0.3, -0.25) is 0 Å².